The molecule has 1 heterocycles. The van der Waals surface area contributed by atoms with Crippen molar-refractivity contribution in [2.24, 2.45) is 0 Å². The maximum absolute atomic E-state index is 14.1. The van der Waals surface area contributed by atoms with Crippen LogP contribution in [0.25, 0.3) is 0 Å². The van der Waals surface area contributed by atoms with E-state index in [4.69, 9.17) is 4.74 Å². The molecule has 0 radical (unpaired) electrons. The van der Waals surface area contributed by atoms with E-state index in [1.807, 2.05) is 31.2 Å². The molecule has 3 aromatic carbocycles. The third-order valence-electron chi connectivity index (χ3n) is 5.55. The first-order chi connectivity index (χ1) is 16.4. The van der Waals surface area contributed by atoms with Gasteiger partial charge in [-0.2, -0.15) is 0 Å². The Balaban J connectivity index is 1.50. The lowest BCUT2D eigenvalue weighted by Gasteiger charge is -2.36. The average Bonchev–Trinajstić information content (AvgIpc) is 2.82. The van der Waals surface area contributed by atoms with E-state index in [2.05, 4.69) is 5.32 Å². The Labute approximate surface area is 196 Å². The number of anilines is 2. The number of halogens is 2. The van der Waals surface area contributed by atoms with E-state index < -0.39 is 11.6 Å². The lowest BCUT2D eigenvalue weighted by atomic mass is 10.1. The van der Waals surface area contributed by atoms with E-state index in [1.165, 1.54) is 28.0 Å². The maximum Gasteiger partial charge on any atom is 0.324 e. The molecule has 6 nitrogen and oxygen atoms in total. The number of hydrogen-bond donors (Lipinski definition) is 1. The topological polar surface area (TPSA) is 61.9 Å². The summed E-state index contributed by atoms with van der Waals surface area (Å²) in [6.45, 7) is 2.31. The Kier molecular flexibility index (Phi) is 7.06. The highest BCUT2D eigenvalue weighted by Crippen LogP contribution is 2.31. The van der Waals surface area contributed by atoms with E-state index in [-0.39, 0.29) is 30.7 Å². The normalized spacial score (nSPS) is 13.7. The van der Waals surface area contributed by atoms with Crippen molar-refractivity contribution in [1.82, 2.24) is 4.90 Å². The Bertz CT molecular complexity index is 1170. The summed E-state index contributed by atoms with van der Waals surface area (Å²) >= 11 is 0. The number of aryl methyl sites for hydroxylation is 1. The smallest absolute Gasteiger partial charge is 0.324 e. The lowest BCUT2D eigenvalue weighted by molar-refractivity contribution is -0.118. The Morgan fingerprint density at radius 3 is 2.47 bits per heavy atom. The van der Waals surface area contributed by atoms with Crippen LogP contribution in [0.5, 0.6) is 5.75 Å². The number of rotatable bonds is 7. The summed E-state index contributed by atoms with van der Waals surface area (Å²) < 4.78 is 33.8. The fourth-order valence-corrected chi connectivity index (χ4v) is 3.86. The number of ether oxygens (including phenoxy) is 1. The van der Waals surface area contributed by atoms with Crippen molar-refractivity contribution >= 4 is 23.3 Å². The van der Waals surface area contributed by atoms with E-state index >= 15 is 0 Å². The SMILES string of the molecule is Cc1ccc(N2CCCN(Cc3c(F)cccc3F)C2=O)c(NC(=O)COc2ccccc2)c1. The fourth-order valence-electron chi connectivity index (χ4n) is 3.86. The van der Waals surface area contributed by atoms with Crippen LogP contribution in [-0.2, 0) is 11.3 Å². The predicted octanol–water partition coefficient (Wildman–Crippen LogP) is 5.12. The van der Waals surface area contributed by atoms with Gasteiger partial charge in [0.1, 0.15) is 17.4 Å². The van der Waals surface area contributed by atoms with Gasteiger partial charge in [0, 0.05) is 18.7 Å². The maximum atomic E-state index is 14.1. The number of hydrogen-bond acceptors (Lipinski definition) is 3. The van der Waals surface area contributed by atoms with Gasteiger partial charge < -0.3 is 15.0 Å². The zero-order valence-corrected chi connectivity index (χ0v) is 18.8. The summed E-state index contributed by atoms with van der Waals surface area (Å²) in [5, 5.41) is 2.83. The number of nitrogens with zero attached hydrogens (tertiary/aromatic N) is 2. The van der Waals surface area contributed by atoms with Crippen LogP contribution in [0, 0.1) is 18.6 Å². The summed E-state index contributed by atoms with van der Waals surface area (Å²) in [7, 11) is 0. The largest absolute Gasteiger partial charge is 0.484 e. The zero-order valence-electron chi connectivity index (χ0n) is 18.8. The van der Waals surface area contributed by atoms with Crippen LogP contribution < -0.4 is 15.0 Å². The van der Waals surface area contributed by atoms with Gasteiger partial charge in [0.25, 0.3) is 5.91 Å². The van der Waals surface area contributed by atoms with Gasteiger partial charge in [-0.25, -0.2) is 13.6 Å². The molecule has 1 aliphatic heterocycles. The average molecular weight is 466 g/mol. The number of carbonyl (C=O) groups is 2. The number of amides is 3. The minimum absolute atomic E-state index is 0.145. The molecule has 0 saturated carbocycles. The molecule has 3 amide bonds. The summed E-state index contributed by atoms with van der Waals surface area (Å²) in [6, 6.07) is 17.6. The van der Waals surface area contributed by atoms with Crippen LogP contribution in [-0.4, -0.2) is 36.5 Å². The van der Waals surface area contributed by atoms with E-state index in [0.29, 0.717) is 36.6 Å². The van der Waals surface area contributed by atoms with Gasteiger partial charge in [-0.3, -0.25) is 9.69 Å². The van der Waals surface area contributed by atoms with Crippen LogP contribution >= 0.6 is 0 Å². The first kappa shape index (κ1) is 23.2. The van der Waals surface area contributed by atoms with Crippen LogP contribution in [0.15, 0.2) is 66.7 Å². The standard InChI is InChI=1S/C26H25F2N3O3/c1-18-11-12-24(23(15-18)29-25(32)17-34-19-7-3-2-4-8-19)31-14-6-13-30(26(31)33)16-20-21(27)9-5-10-22(20)28/h2-5,7-12,15H,6,13-14,16-17H2,1H3,(H,29,32). The molecular weight excluding hydrogens is 440 g/mol. The molecule has 0 bridgehead atoms. The predicted molar refractivity (Wildman–Crippen MR) is 126 cm³/mol. The van der Waals surface area contributed by atoms with Crippen molar-refractivity contribution in [2.75, 3.05) is 29.9 Å². The van der Waals surface area contributed by atoms with Gasteiger partial charge in [-0.15, -0.1) is 0 Å². The van der Waals surface area contributed by atoms with Gasteiger partial charge in [-0.1, -0.05) is 30.3 Å². The monoisotopic (exact) mass is 465 g/mol. The Hall–Kier alpha value is -3.94. The molecule has 4 rings (SSSR count). The minimum atomic E-state index is -0.688. The van der Waals surface area contributed by atoms with Gasteiger partial charge in [0.2, 0.25) is 0 Å². The van der Waals surface area contributed by atoms with Crippen LogP contribution in [0.1, 0.15) is 17.5 Å². The van der Waals surface area contributed by atoms with Crippen LogP contribution in [0.2, 0.25) is 0 Å². The molecule has 0 aliphatic carbocycles. The second-order valence-corrected chi connectivity index (χ2v) is 8.08. The van der Waals surface area contributed by atoms with Crippen molar-refractivity contribution in [1.29, 1.82) is 0 Å². The van der Waals surface area contributed by atoms with Crippen LogP contribution in [0.3, 0.4) is 0 Å². The Morgan fingerprint density at radius 2 is 1.74 bits per heavy atom. The number of carbonyl (C=O) groups excluding carboxylic acids is 2. The first-order valence-corrected chi connectivity index (χ1v) is 11.0. The third-order valence-corrected chi connectivity index (χ3v) is 5.55. The second kappa shape index (κ2) is 10.3. The highest BCUT2D eigenvalue weighted by Gasteiger charge is 2.30. The molecule has 0 spiro atoms. The lowest BCUT2D eigenvalue weighted by Crippen LogP contribution is -2.49. The van der Waals surface area contributed by atoms with Crippen molar-refractivity contribution in [2.45, 2.75) is 19.9 Å². The molecule has 1 aliphatic rings. The summed E-state index contributed by atoms with van der Waals surface area (Å²) in [5.74, 6) is -1.17. The van der Waals surface area contributed by atoms with E-state index in [9.17, 15) is 18.4 Å². The number of para-hydroxylation sites is 1. The molecule has 8 heteroatoms. The molecule has 1 N–H and O–H groups in total. The fraction of sp³-hybridized carbons (Fsp3) is 0.231. The zero-order chi connectivity index (χ0) is 24.1. The molecule has 0 atom stereocenters. The van der Waals surface area contributed by atoms with Crippen molar-refractivity contribution < 1.29 is 23.1 Å². The molecule has 0 unspecified atom stereocenters. The summed E-state index contributed by atoms with van der Waals surface area (Å²) in [4.78, 5) is 28.8. The van der Waals surface area contributed by atoms with Crippen molar-refractivity contribution in [3.05, 3.63) is 89.5 Å². The molecule has 3 aromatic rings. The minimum Gasteiger partial charge on any atom is -0.484 e. The van der Waals surface area contributed by atoms with Crippen molar-refractivity contribution in [3.8, 4) is 5.75 Å². The highest BCUT2D eigenvalue weighted by atomic mass is 19.1. The molecule has 34 heavy (non-hydrogen) atoms. The molecular formula is C26H25F2N3O3. The molecule has 176 valence electrons. The van der Waals surface area contributed by atoms with Crippen LogP contribution in [0.4, 0.5) is 25.0 Å². The highest BCUT2D eigenvalue weighted by molar-refractivity contribution is 6.01. The second-order valence-electron chi connectivity index (χ2n) is 8.08. The number of nitrogens with one attached hydrogen (secondary N) is 1. The molecule has 0 aromatic heterocycles. The van der Waals surface area contributed by atoms with Gasteiger partial charge in [0.05, 0.1) is 17.9 Å². The van der Waals surface area contributed by atoms with E-state index in [1.54, 1.807) is 24.3 Å². The molecule has 1 fully saturated rings. The summed E-state index contributed by atoms with van der Waals surface area (Å²) in [6.07, 6.45) is 0.611. The summed E-state index contributed by atoms with van der Waals surface area (Å²) in [5.41, 5.74) is 1.74. The quantitative estimate of drug-likeness (QED) is 0.527. The third kappa shape index (κ3) is 5.33. The Morgan fingerprint density at radius 1 is 1.00 bits per heavy atom. The van der Waals surface area contributed by atoms with E-state index in [0.717, 1.165) is 5.56 Å². The number of urea groups is 1. The van der Waals surface area contributed by atoms with Gasteiger partial charge in [0.15, 0.2) is 6.61 Å². The van der Waals surface area contributed by atoms with Gasteiger partial charge >= 0.3 is 6.03 Å². The van der Waals surface area contributed by atoms with Gasteiger partial charge in [-0.05, 0) is 55.3 Å². The molecule has 1 saturated heterocycles. The number of benzene rings is 3. The first-order valence-electron chi connectivity index (χ1n) is 11.0. The van der Waals surface area contributed by atoms with Crippen molar-refractivity contribution in [3.63, 3.8) is 0 Å².